The van der Waals surface area contributed by atoms with Crippen LogP contribution in [-0.4, -0.2) is 4.57 Å². The highest BCUT2D eigenvalue weighted by atomic mass is 15.0. The van der Waals surface area contributed by atoms with Crippen molar-refractivity contribution < 1.29 is 0 Å². The first kappa shape index (κ1) is 16.0. The molecule has 1 nitrogen and oxygen atoms in total. The van der Waals surface area contributed by atoms with Gasteiger partial charge in [-0.1, -0.05) is 69.3 Å². The minimum atomic E-state index is 0.632. The van der Waals surface area contributed by atoms with Crippen molar-refractivity contribution in [1.29, 1.82) is 0 Å². The highest BCUT2D eigenvalue weighted by Crippen LogP contribution is 2.33. The van der Waals surface area contributed by atoms with Crippen LogP contribution in [0.4, 0.5) is 0 Å². The van der Waals surface area contributed by atoms with Gasteiger partial charge >= 0.3 is 0 Å². The van der Waals surface area contributed by atoms with Crippen molar-refractivity contribution in [3.8, 4) is 5.69 Å². The highest BCUT2D eigenvalue weighted by Gasteiger charge is 2.15. The van der Waals surface area contributed by atoms with Gasteiger partial charge in [-0.3, -0.25) is 0 Å². The molecule has 0 N–H and O–H groups in total. The van der Waals surface area contributed by atoms with Gasteiger partial charge < -0.3 is 4.57 Å². The molecule has 1 heteroatoms. The van der Waals surface area contributed by atoms with Crippen molar-refractivity contribution in [2.45, 2.75) is 33.1 Å². The van der Waals surface area contributed by atoms with Gasteiger partial charge in [0.2, 0.25) is 0 Å². The summed E-state index contributed by atoms with van der Waals surface area (Å²) >= 11 is 0. The standard InChI is InChI=1S/C24H25N/c1-4-20(17(2)3)18-13-15-19(16-14-18)25-23-11-7-5-9-21(23)22-10-6-8-12-24(22)25/h5-17,20H,4H2,1-3H3. The van der Waals surface area contributed by atoms with Crippen LogP contribution in [-0.2, 0) is 0 Å². The summed E-state index contributed by atoms with van der Waals surface area (Å²) in [4.78, 5) is 0. The molecule has 0 bridgehead atoms. The SMILES string of the molecule is CCC(c1ccc(-n2c3ccccc3c3ccccc32)cc1)C(C)C. The Kier molecular flexibility index (Phi) is 4.09. The Morgan fingerprint density at radius 2 is 1.24 bits per heavy atom. The highest BCUT2D eigenvalue weighted by molar-refractivity contribution is 6.09. The van der Waals surface area contributed by atoms with Gasteiger partial charge in [0.05, 0.1) is 11.0 Å². The molecule has 0 radical (unpaired) electrons. The van der Waals surface area contributed by atoms with E-state index in [2.05, 4.69) is 98.1 Å². The molecule has 0 amide bonds. The van der Waals surface area contributed by atoms with E-state index in [9.17, 15) is 0 Å². The van der Waals surface area contributed by atoms with Crippen molar-refractivity contribution >= 4 is 21.8 Å². The van der Waals surface area contributed by atoms with E-state index in [-0.39, 0.29) is 0 Å². The van der Waals surface area contributed by atoms with Crippen LogP contribution in [0.5, 0.6) is 0 Å². The maximum absolute atomic E-state index is 2.38. The molecule has 0 fully saturated rings. The molecular formula is C24H25N. The zero-order chi connectivity index (χ0) is 17.4. The first-order valence-corrected chi connectivity index (χ1v) is 9.29. The van der Waals surface area contributed by atoms with Gasteiger partial charge in [0, 0.05) is 16.5 Å². The van der Waals surface area contributed by atoms with E-state index in [1.54, 1.807) is 0 Å². The molecule has 126 valence electrons. The van der Waals surface area contributed by atoms with Crippen molar-refractivity contribution in [2.75, 3.05) is 0 Å². The summed E-state index contributed by atoms with van der Waals surface area (Å²) in [7, 11) is 0. The molecule has 1 unspecified atom stereocenters. The number of hydrogen-bond donors (Lipinski definition) is 0. The number of para-hydroxylation sites is 2. The molecule has 25 heavy (non-hydrogen) atoms. The van der Waals surface area contributed by atoms with Crippen LogP contribution in [0.1, 0.15) is 38.7 Å². The van der Waals surface area contributed by atoms with E-state index in [4.69, 9.17) is 0 Å². The van der Waals surface area contributed by atoms with Crippen LogP contribution < -0.4 is 0 Å². The van der Waals surface area contributed by atoms with Gasteiger partial charge in [0.25, 0.3) is 0 Å². The van der Waals surface area contributed by atoms with E-state index >= 15 is 0 Å². The molecule has 0 spiro atoms. The van der Waals surface area contributed by atoms with E-state index in [1.807, 2.05) is 0 Å². The lowest BCUT2D eigenvalue weighted by molar-refractivity contribution is 0.485. The molecule has 0 saturated carbocycles. The van der Waals surface area contributed by atoms with Gasteiger partial charge in [-0.2, -0.15) is 0 Å². The molecular weight excluding hydrogens is 302 g/mol. The molecule has 1 atom stereocenters. The van der Waals surface area contributed by atoms with Gasteiger partial charge in [-0.15, -0.1) is 0 Å². The molecule has 0 aliphatic rings. The summed E-state index contributed by atoms with van der Waals surface area (Å²) in [5.74, 6) is 1.30. The second-order valence-corrected chi connectivity index (χ2v) is 7.22. The van der Waals surface area contributed by atoms with E-state index < -0.39 is 0 Å². The summed E-state index contributed by atoms with van der Waals surface area (Å²) in [6.07, 6.45) is 1.19. The Bertz CT molecular complexity index is 952. The van der Waals surface area contributed by atoms with E-state index in [0.29, 0.717) is 11.8 Å². The normalized spacial score (nSPS) is 13.0. The number of aromatic nitrogens is 1. The van der Waals surface area contributed by atoms with Gasteiger partial charge in [0.1, 0.15) is 0 Å². The van der Waals surface area contributed by atoms with Gasteiger partial charge in [-0.05, 0) is 48.1 Å². The predicted octanol–water partition coefficient (Wildman–Crippen LogP) is 6.93. The third kappa shape index (κ3) is 2.64. The maximum atomic E-state index is 2.38. The van der Waals surface area contributed by atoms with E-state index in [0.717, 1.165) is 0 Å². The molecule has 0 saturated heterocycles. The first-order valence-electron chi connectivity index (χ1n) is 9.29. The summed E-state index contributed by atoms with van der Waals surface area (Å²) in [5, 5.41) is 2.63. The molecule has 0 aliphatic carbocycles. The number of hydrogen-bond acceptors (Lipinski definition) is 0. The van der Waals surface area contributed by atoms with Crippen molar-refractivity contribution in [3.05, 3.63) is 78.4 Å². The molecule has 0 aliphatic heterocycles. The zero-order valence-electron chi connectivity index (χ0n) is 15.2. The monoisotopic (exact) mass is 327 g/mol. The lowest BCUT2D eigenvalue weighted by atomic mass is 9.86. The second kappa shape index (κ2) is 6.40. The Morgan fingerprint density at radius 1 is 0.720 bits per heavy atom. The summed E-state index contributed by atoms with van der Waals surface area (Å²) in [6, 6.07) is 26.5. The lowest BCUT2D eigenvalue weighted by Gasteiger charge is -2.20. The molecule has 1 aromatic heterocycles. The Hall–Kier alpha value is -2.54. The Morgan fingerprint density at radius 3 is 1.72 bits per heavy atom. The van der Waals surface area contributed by atoms with Crippen molar-refractivity contribution in [3.63, 3.8) is 0 Å². The lowest BCUT2D eigenvalue weighted by Crippen LogP contribution is -2.05. The number of rotatable bonds is 4. The molecule has 3 aromatic carbocycles. The average molecular weight is 327 g/mol. The minimum Gasteiger partial charge on any atom is -0.309 e. The maximum Gasteiger partial charge on any atom is 0.0541 e. The fraction of sp³-hybridized carbons (Fsp3) is 0.250. The third-order valence-electron chi connectivity index (χ3n) is 5.40. The molecule has 1 heterocycles. The van der Waals surface area contributed by atoms with Crippen molar-refractivity contribution in [2.24, 2.45) is 5.92 Å². The Balaban J connectivity index is 1.89. The van der Waals surface area contributed by atoms with Crippen LogP contribution in [0.2, 0.25) is 0 Å². The van der Waals surface area contributed by atoms with Crippen molar-refractivity contribution in [1.82, 2.24) is 4.57 Å². The topological polar surface area (TPSA) is 4.93 Å². The van der Waals surface area contributed by atoms with Crippen LogP contribution in [0.25, 0.3) is 27.5 Å². The quantitative estimate of drug-likeness (QED) is 0.383. The summed E-state index contributed by atoms with van der Waals surface area (Å²) in [6.45, 7) is 6.91. The Labute approximate surface area is 149 Å². The van der Waals surface area contributed by atoms with Crippen LogP contribution in [0.15, 0.2) is 72.8 Å². The third-order valence-corrected chi connectivity index (χ3v) is 5.40. The van der Waals surface area contributed by atoms with Crippen LogP contribution in [0, 0.1) is 5.92 Å². The second-order valence-electron chi connectivity index (χ2n) is 7.22. The fourth-order valence-corrected chi connectivity index (χ4v) is 4.16. The average Bonchev–Trinajstić information content (AvgIpc) is 2.97. The van der Waals surface area contributed by atoms with Crippen LogP contribution in [0.3, 0.4) is 0 Å². The first-order chi connectivity index (χ1) is 12.2. The zero-order valence-corrected chi connectivity index (χ0v) is 15.2. The fourth-order valence-electron chi connectivity index (χ4n) is 4.16. The smallest absolute Gasteiger partial charge is 0.0541 e. The number of fused-ring (bicyclic) bond motifs is 3. The summed E-state index contributed by atoms with van der Waals surface area (Å²) < 4.78 is 2.38. The minimum absolute atomic E-state index is 0.632. The number of nitrogens with zero attached hydrogens (tertiary/aromatic N) is 1. The van der Waals surface area contributed by atoms with Gasteiger partial charge in [-0.25, -0.2) is 0 Å². The number of benzene rings is 3. The summed E-state index contributed by atoms with van der Waals surface area (Å²) in [5.41, 5.74) is 5.22. The van der Waals surface area contributed by atoms with Crippen LogP contribution >= 0.6 is 0 Å². The molecule has 4 aromatic rings. The molecule has 4 rings (SSSR count). The van der Waals surface area contributed by atoms with E-state index in [1.165, 1.54) is 39.5 Å². The largest absolute Gasteiger partial charge is 0.309 e. The van der Waals surface area contributed by atoms with Gasteiger partial charge in [0.15, 0.2) is 0 Å². The predicted molar refractivity (Wildman–Crippen MR) is 109 cm³/mol.